The molecule has 0 unspecified atom stereocenters. The Kier molecular flexibility index (Phi) is 6.85. The standard InChI is InChI=1S/C14H18N2O4S/c1-2-21(19,20)8-6-16-14(18)13-9-12(10-15-11-13)5-3-4-7-17/h9-11,17H,2,4,6-8H2,1H3,(H,16,18). The minimum absolute atomic E-state index is 0.0213. The summed E-state index contributed by atoms with van der Waals surface area (Å²) in [6, 6.07) is 1.57. The number of amides is 1. The van der Waals surface area contributed by atoms with Crippen LogP contribution in [0.2, 0.25) is 0 Å². The summed E-state index contributed by atoms with van der Waals surface area (Å²) >= 11 is 0. The first-order valence-corrected chi connectivity index (χ1v) is 8.34. The van der Waals surface area contributed by atoms with Crippen LogP contribution in [0.25, 0.3) is 0 Å². The Morgan fingerprint density at radius 1 is 1.43 bits per heavy atom. The smallest absolute Gasteiger partial charge is 0.252 e. The van der Waals surface area contributed by atoms with Crippen LogP contribution in [-0.4, -0.2) is 49.1 Å². The zero-order chi connectivity index (χ0) is 15.7. The minimum Gasteiger partial charge on any atom is -0.395 e. The Morgan fingerprint density at radius 3 is 2.86 bits per heavy atom. The van der Waals surface area contributed by atoms with E-state index in [0.717, 1.165) is 0 Å². The lowest BCUT2D eigenvalue weighted by Crippen LogP contribution is -2.29. The van der Waals surface area contributed by atoms with Crippen molar-refractivity contribution < 1.29 is 18.3 Å². The number of carbonyl (C=O) groups is 1. The summed E-state index contributed by atoms with van der Waals surface area (Å²) in [6.45, 7) is 1.61. The molecule has 0 saturated heterocycles. The van der Waals surface area contributed by atoms with Crippen LogP contribution >= 0.6 is 0 Å². The Hall–Kier alpha value is -1.91. The Morgan fingerprint density at radius 2 is 2.19 bits per heavy atom. The van der Waals surface area contributed by atoms with E-state index in [2.05, 4.69) is 22.1 Å². The lowest BCUT2D eigenvalue weighted by atomic mass is 10.2. The molecule has 1 aromatic rings. The second-order valence-electron chi connectivity index (χ2n) is 4.23. The lowest BCUT2D eigenvalue weighted by Gasteiger charge is -2.05. The van der Waals surface area contributed by atoms with Crippen molar-refractivity contribution in [3.63, 3.8) is 0 Å². The van der Waals surface area contributed by atoms with Gasteiger partial charge in [0.1, 0.15) is 0 Å². The zero-order valence-electron chi connectivity index (χ0n) is 11.8. The largest absolute Gasteiger partial charge is 0.395 e. The highest BCUT2D eigenvalue weighted by molar-refractivity contribution is 7.91. The first-order valence-electron chi connectivity index (χ1n) is 6.52. The molecule has 0 aliphatic rings. The molecule has 1 amide bonds. The minimum atomic E-state index is -3.10. The van der Waals surface area contributed by atoms with Crippen molar-refractivity contribution in [2.75, 3.05) is 24.7 Å². The monoisotopic (exact) mass is 310 g/mol. The van der Waals surface area contributed by atoms with Crippen LogP contribution in [0.1, 0.15) is 29.3 Å². The van der Waals surface area contributed by atoms with Gasteiger partial charge in [-0.1, -0.05) is 18.8 Å². The van der Waals surface area contributed by atoms with E-state index in [4.69, 9.17) is 5.11 Å². The third kappa shape index (κ3) is 6.38. The number of carbonyl (C=O) groups excluding carboxylic acids is 1. The number of rotatable bonds is 6. The summed E-state index contributed by atoms with van der Waals surface area (Å²) < 4.78 is 22.6. The normalized spacial score (nSPS) is 10.6. The van der Waals surface area contributed by atoms with Crippen LogP contribution in [0.4, 0.5) is 0 Å². The highest BCUT2D eigenvalue weighted by atomic mass is 32.2. The number of nitrogens with one attached hydrogen (secondary N) is 1. The van der Waals surface area contributed by atoms with Gasteiger partial charge < -0.3 is 10.4 Å². The highest BCUT2D eigenvalue weighted by Gasteiger charge is 2.10. The Labute approximate surface area is 124 Å². The third-order valence-electron chi connectivity index (χ3n) is 2.61. The number of pyridine rings is 1. The van der Waals surface area contributed by atoms with Gasteiger partial charge in [0.05, 0.1) is 17.9 Å². The first kappa shape index (κ1) is 17.1. The SMILES string of the molecule is CCS(=O)(=O)CCNC(=O)c1cncc(C#CCCO)c1. The summed E-state index contributed by atoms with van der Waals surface area (Å²) in [5.41, 5.74) is 0.886. The van der Waals surface area contributed by atoms with E-state index in [9.17, 15) is 13.2 Å². The van der Waals surface area contributed by atoms with Crippen molar-refractivity contribution in [3.05, 3.63) is 29.6 Å². The third-order valence-corrected chi connectivity index (χ3v) is 4.31. The van der Waals surface area contributed by atoms with Gasteiger partial charge in [-0.3, -0.25) is 9.78 Å². The van der Waals surface area contributed by atoms with Crippen molar-refractivity contribution in [2.24, 2.45) is 0 Å². The van der Waals surface area contributed by atoms with Crippen molar-refractivity contribution in [1.82, 2.24) is 10.3 Å². The number of nitrogens with zero attached hydrogens (tertiary/aromatic N) is 1. The number of aliphatic hydroxyl groups is 1. The number of aliphatic hydroxyl groups excluding tert-OH is 1. The molecule has 2 N–H and O–H groups in total. The van der Waals surface area contributed by atoms with E-state index in [1.807, 2.05) is 0 Å². The summed E-state index contributed by atoms with van der Waals surface area (Å²) in [5.74, 6) is 5.10. The van der Waals surface area contributed by atoms with Gasteiger partial charge in [-0.2, -0.15) is 0 Å². The van der Waals surface area contributed by atoms with Crippen LogP contribution in [0.3, 0.4) is 0 Å². The fourth-order valence-corrected chi connectivity index (χ4v) is 2.12. The molecule has 114 valence electrons. The maximum absolute atomic E-state index is 11.9. The van der Waals surface area contributed by atoms with Crippen molar-refractivity contribution in [2.45, 2.75) is 13.3 Å². The van der Waals surface area contributed by atoms with Gasteiger partial charge >= 0.3 is 0 Å². The number of hydrogen-bond donors (Lipinski definition) is 2. The highest BCUT2D eigenvalue weighted by Crippen LogP contribution is 2.01. The first-order chi connectivity index (χ1) is 9.98. The molecular formula is C14H18N2O4S. The fourth-order valence-electron chi connectivity index (χ4n) is 1.42. The molecule has 0 radical (unpaired) electrons. The zero-order valence-corrected chi connectivity index (χ0v) is 12.6. The topological polar surface area (TPSA) is 96.4 Å². The number of hydrogen-bond acceptors (Lipinski definition) is 5. The van der Waals surface area contributed by atoms with E-state index in [1.165, 1.54) is 12.4 Å². The number of sulfone groups is 1. The van der Waals surface area contributed by atoms with Crippen molar-refractivity contribution in [1.29, 1.82) is 0 Å². The quantitative estimate of drug-likeness (QED) is 0.720. The summed E-state index contributed by atoms with van der Waals surface area (Å²) in [6.07, 6.45) is 3.26. The molecule has 0 saturated carbocycles. The van der Waals surface area contributed by atoms with Crippen LogP contribution in [0.5, 0.6) is 0 Å². The maximum atomic E-state index is 11.9. The molecule has 1 rings (SSSR count). The van der Waals surface area contributed by atoms with Gasteiger partial charge in [-0.25, -0.2) is 8.42 Å². The van der Waals surface area contributed by atoms with Crippen LogP contribution in [0, 0.1) is 11.8 Å². The molecule has 7 heteroatoms. The van der Waals surface area contributed by atoms with Crippen LogP contribution < -0.4 is 5.32 Å². The van der Waals surface area contributed by atoms with Gasteiger partial charge in [0.2, 0.25) is 0 Å². The van der Waals surface area contributed by atoms with E-state index >= 15 is 0 Å². The molecule has 6 nitrogen and oxygen atoms in total. The van der Waals surface area contributed by atoms with E-state index < -0.39 is 9.84 Å². The Bertz CT molecular complexity index is 644. The van der Waals surface area contributed by atoms with Crippen LogP contribution in [0.15, 0.2) is 18.5 Å². The van der Waals surface area contributed by atoms with Crippen LogP contribution in [-0.2, 0) is 9.84 Å². The summed E-state index contributed by atoms with van der Waals surface area (Å²) in [5, 5.41) is 11.2. The predicted molar refractivity (Wildman–Crippen MR) is 79.5 cm³/mol. The van der Waals surface area contributed by atoms with Gasteiger partial charge in [-0.15, -0.1) is 0 Å². The molecule has 0 fully saturated rings. The van der Waals surface area contributed by atoms with Crippen molar-refractivity contribution >= 4 is 15.7 Å². The second kappa shape index (κ2) is 8.39. The molecule has 1 heterocycles. The summed E-state index contributed by atoms with van der Waals surface area (Å²) in [4.78, 5) is 15.8. The average Bonchev–Trinajstić information content (AvgIpc) is 2.47. The maximum Gasteiger partial charge on any atom is 0.252 e. The van der Waals surface area contributed by atoms with Gasteiger partial charge in [0, 0.05) is 36.7 Å². The molecule has 0 bridgehead atoms. The summed E-state index contributed by atoms with van der Waals surface area (Å²) in [7, 11) is -3.10. The molecule has 1 aromatic heterocycles. The molecule has 21 heavy (non-hydrogen) atoms. The second-order valence-corrected chi connectivity index (χ2v) is 6.70. The predicted octanol–water partition coefficient (Wildman–Crippen LogP) is -0.0200. The molecule has 0 aromatic carbocycles. The Balaban J connectivity index is 2.63. The fraction of sp³-hybridized carbons (Fsp3) is 0.429. The van der Waals surface area contributed by atoms with Gasteiger partial charge in [0.25, 0.3) is 5.91 Å². The molecule has 0 aliphatic heterocycles. The van der Waals surface area contributed by atoms with E-state index in [-0.39, 0.29) is 30.6 Å². The molecule has 0 atom stereocenters. The average molecular weight is 310 g/mol. The lowest BCUT2D eigenvalue weighted by molar-refractivity contribution is 0.0955. The van der Waals surface area contributed by atoms with Gasteiger partial charge in [0.15, 0.2) is 9.84 Å². The van der Waals surface area contributed by atoms with Crippen molar-refractivity contribution in [3.8, 4) is 11.8 Å². The van der Waals surface area contributed by atoms with E-state index in [1.54, 1.807) is 13.0 Å². The molecule has 0 spiro atoms. The van der Waals surface area contributed by atoms with E-state index in [0.29, 0.717) is 17.5 Å². The number of aromatic nitrogens is 1. The van der Waals surface area contributed by atoms with Gasteiger partial charge in [-0.05, 0) is 6.07 Å². The molecule has 0 aliphatic carbocycles. The molecular weight excluding hydrogens is 292 g/mol.